The number of esters is 1. The highest BCUT2D eigenvalue weighted by Gasteiger charge is 2.20. The van der Waals surface area contributed by atoms with E-state index in [2.05, 4.69) is 15.6 Å². The molecular formula is C17H22N4O5. The number of aryl methyl sites for hydroxylation is 1. The quantitative estimate of drug-likeness (QED) is 0.632. The summed E-state index contributed by atoms with van der Waals surface area (Å²) in [5.41, 5.74) is 1.31. The number of urea groups is 1. The minimum absolute atomic E-state index is 0.00801. The summed E-state index contributed by atoms with van der Waals surface area (Å²) in [4.78, 5) is 49.2. The van der Waals surface area contributed by atoms with Crippen molar-refractivity contribution >= 4 is 17.9 Å². The summed E-state index contributed by atoms with van der Waals surface area (Å²) in [6, 6.07) is 1.18. The van der Waals surface area contributed by atoms with E-state index in [4.69, 9.17) is 10.00 Å². The molecule has 1 heterocycles. The third-order valence-corrected chi connectivity index (χ3v) is 3.75. The Morgan fingerprint density at radius 1 is 1.31 bits per heavy atom. The maximum absolute atomic E-state index is 11.9. The lowest BCUT2D eigenvalue weighted by atomic mass is 9.99. The Balaban J connectivity index is 2.68. The molecule has 26 heavy (non-hydrogen) atoms. The number of ether oxygens (including phenoxy) is 1. The first-order valence-corrected chi connectivity index (χ1v) is 8.11. The van der Waals surface area contributed by atoms with Crippen LogP contribution in [0, 0.1) is 25.2 Å². The summed E-state index contributed by atoms with van der Waals surface area (Å²) in [5.74, 6) is -1.36. The fraction of sp³-hybridized carbons (Fsp3) is 0.471. The first kappa shape index (κ1) is 20.9. The van der Waals surface area contributed by atoms with Crippen molar-refractivity contribution in [2.24, 2.45) is 0 Å². The van der Waals surface area contributed by atoms with Crippen LogP contribution < -0.4 is 16.2 Å². The topological polar surface area (TPSA) is 141 Å². The fourth-order valence-electron chi connectivity index (χ4n) is 2.38. The molecule has 0 spiro atoms. The van der Waals surface area contributed by atoms with Gasteiger partial charge in [0.15, 0.2) is 6.10 Å². The Bertz CT molecular complexity index is 807. The summed E-state index contributed by atoms with van der Waals surface area (Å²) < 4.78 is 5.01. The van der Waals surface area contributed by atoms with Crippen molar-refractivity contribution in [1.29, 1.82) is 5.26 Å². The number of hydrogen-bond acceptors (Lipinski definition) is 6. The van der Waals surface area contributed by atoms with E-state index in [-0.39, 0.29) is 18.4 Å². The number of aromatic nitrogens is 1. The Labute approximate surface area is 150 Å². The van der Waals surface area contributed by atoms with E-state index in [0.717, 1.165) is 0 Å². The smallest absolute Gasteiger partial charge is 0.321 e. The Kier molecular flexibility index (Phi) is 7.52. The average molecular weight is 362 g/mol. The van der Waals surface area contributed by atoms with Crippen LogP contribution in [0.1, 0.15) is 42.7 Å². The number of aromatic amines is 1. The van der Waals surface area contributed by atoms with Gasteiger partial charge in [0.05, 0.1) is 0 Å². The molecule has 0 aliphatic carbocycles. The van der Waals surface area contributed by atoms with Gasteiger partial charge in [0.25, 0.3) is 11.5 Å². The first-order valence-electron chi connectivity index (χ1n) is 8.11. The van der Waals surface area contributed by atoms with Gasteiger partial charge in [-0.3, -0.25) is 19.7 Å². The third kappa shape index (κ3) is 5.44. The van der Waals surface area contributed by atoms with Crippen LogP contribution in [0.15, 0.2) is 4.79 Å². The number of hydrogen-bond donors (Lipinski definition) is 3. The number of rotatable bonds is 6. The lowest BCUT2D eigenvalue weighted by molar-refractivity contribution is -0.154. The number of imide groups is 1. The summed E-state index contributed by atoms with van der Waals surface area (Å²) in [7, 11) is 0. The Morgan fingerprint density at radius 2 is 1.96 bits per heavy atom. The van der Waals surface area contributed by atoms with Crippen molar-refractivity contribution < 1.29 is 19.1 Å². The van der Waals surface area contributed by atoms with Crippen molar-refractivity contribution in [3.05, 3.63) is 32.7 Å². The average Bonchev–Trinajstić information content (AvgIpc) is 2.54. The molecule has 0 saturated heterocycles. The van der Waals surface area contributed by atoms with E-state index >= 15 is 0 Å². The molecule has 1 unspecified atom stereocenters. The minimum Gasteiger partial charge on any atom is -0.453 e. The number of carbonyl (C=O) groups excluding carboxylic acids is 3. The second kappa shape index (κ2) is 9.36. The number of pyridine rings is 1. The molecule has 9 heteroatoms. The number of nitrogens with zero attached hydrogens (tertiary/aromatic N) is 1. The maximum Gasteiger partial charge on any atom is 0.321 e. The van der Waals surface area contributed by atoms with Crippen LogP contribution >= 0.6 is 0 Å². The second-order valence-corrected chi connectivity index (χ2v) is 5.65. The van der Waals surface area contributed by atoms with Crippen LogP contribution in [0.4, 0.5) is 4.79 Å². The molecule has 1 rings (SSSR count). The molecule has 1 aromatic rings. The van der Waals surface area contributed by atoms with Crippen molar-refractivity contribution in [3.63, 3.8) is 0 Å². The monoisotopic (exact) mass is 362 g/mol. The van der Waals surface area contributed by atoms with Crippen LogP contribution in [-0.4, -0.2) is 35.5 Å². The van der Waals surface area contributed by atoms with Gasteiger partial charge in [-0.25, -0.2) is 4.79 Å². The fourth-order valence-corrected chi connectivity index (χ4v) is 2.38. The van der Waals surface area contributed by atoms with Crippen molar-refractivity contribution in [2.45, 2.75) is 46.6 Å². The van der Waals surface area contributed by atoms with Crippen LogP contribution in [0.2, 0.25) is 0 Å². The van der Waals surface area contributed by atoms with E-state index < -0.39 is 29.6 Å². The van der Waals surface area contributed by atoms with E-state index in [9.17, 15) is 19.2 Å². The highest BCUT2D eigenvalue weighted by Crippen LogP contribution is 2.15. The van der Waals surface area contributed by atoms with Gasteiger partial charge < -0.3 is 15.0 Å². The Morgan fingerprint density at radius 3 is 2.54 bits per heavy atom. The number of nitrogens with one attached hydrogen (secondary N) is 3. The van der Waals surface area contributed by atoms with Crippen LogP contribution in [0.3, 0.4) is 0 Å². The predicted octanol–water partition coefficient (Wildman–Crippen LogP) is 0.573. The van der Waals surface area contributed by atoms with Crippen LogP contribution in [-0.2, 0) is 20.7 Å². The Hall–Kier alpha value is -3.15. The molecule has 0 fully saturated rings. The molecule has 0 aromatic carbocycles. The van der Waals surface area contributed by atoms with Crippen LogP contribution in [0.25, 0.3) is 0 Å². The van der Waals surface area contributed by atoms with E-state index in [1.54, 1.807) is 20.8 Å². The molecule has 0 aliphatic heterocycles. The van der Waals surface area contributed by atoms with E-state index in [0.29, 0.717) is 23.4 Å². The second-order valence-electron chi connectivity index (χ2n) is 5.65. The predicted molar refractivity (Wildman–Crippen MR) is 92.3 cm³/mol. The number of nitriles is 1. The summed E-state index contributed by atoms with van der Waals surface area (Å²) in [5, 5.41) is 13.5. The van der Waals surface area contributed by atoms with E-state index in [1.807, 2.05) is 6.07 Å². The molecule has 140 valence electrons. The number of H-pyrrole nitrogens is 1. The van der Waals surface area contributed by atoms with Crippen molar-refractivity contribution in [1.82, 2.24) is 15.6 Å². The van der Waals surface area contributed by atoms with Crippen molar-refractivity contribution in [3.8, 4) is 6.07 Å². The summed E-state index contributed by atoms with van der Waals surface area (Å²) >= 11 is 0. The molecular weight excluding hydrogens is 340 g/mol. The zero-order chi connectivity index (χ0) is 19.9. The molecule has 1 atom stereocenters. The van der Waals surface area contributed by atoms with Gasteiger partial charge in [-0.15, -0.1) is 0 Å². The lowest BCUT2D eigenvalue weighted by Crippen LogP contribution is -2.44. The van der Waals surface area contributed by atoms with Gasteiger partial charge in [-0.2, -0.15) is 5.26 Å². The van der Waals surface area contributed by atoms with Gasteiger partial charge >= 0.3 is 12.0 Å². The molecule has 3 N–H and O–H groups in total. The van der Waals surface area contributed by atoms with Gasteiger partial charge in [0, 0.05) is 18.7 Å². The molecule has 0 aliphatic rings. The summed E-state index contributed by atoms with van der Waals surface area (Å²) in [6.45, 7) is 6.74. The van der Waals surface area contributed by atoms with Crippen LogP contribution in [0.5, 0.6) is 0 Å². The van der Waals surface area contributed by atoms with Gasteiger partial charge in [-0.1, -0.05) is 0 Å². The number of amides is 3. The molecule has 0 saturated carbocycles. The largest absolute Gasteiger partial charge is 0.453 e. The normalized spacial score (nSPS) is 11.2. The van der Waals surface area contributed by atoms with Gasteiger partial charge in [-0.05, 0) is 45.2 Å². The zero-order valence-electron chi connectivity index (χ0n) is 15.2. The zero-order valence-corrected chi connectivity index (χ0v) is 15.2. The lowest BCUT2D eigenvalue weighted by Gasteiger charge is -2.14. The highest BCUT2D eigenvalue weighted by molar-refractivity contribution is 5.97. The first-order chi connectivity index (χ1) is 12.2. The molecule has 0 radical (unpaired) electrons. The summed E-state index contributed by atoms with van der Waals surface area (Å²) in [6.07, 6.45) is -0.929. The van der Waals surface area contributed by atoms with Crippen molar-refractivity contribution in [2.75, 3.05) is 6.54 Å². The minimum atomic E-state index is -1.13. The standard InChI is InChI=1S/C17H22N4O5/c1-5-19-17(25)21-15(23)11(4)26-14(22)7-6-12-9(2)13(8-18)16(24)20-10(12)3/h11H,5-7H2,1-4H3,(H,20,24)(H2,19,21,23,25). The highest BCUT2D eigenvalue weighted by atomic mass is 16.5. The molecule has 9 nitrogen and oxygen atoms in total. The van der Waals surface area contributed by atoms with Gasteiger partial charge in [0.1, 0.15) is 11.6 Å². The number of carbonyl (C=O) groups is 3. The van der Waals surface area contributed by atoms with E-state index in [1.165, 1.54) is 6.92 Å². The van der Waals surface area contributed by atoms with Gasteiger partial charge in [0.2, 0.25) is 0 Å². The SMILES string of the molecule is CCNC(=O)NC(=O)C(C)OC(=O)CCc1c(C)[nH]c(=O)c(C#N)c1C. The molecule has 1 aromatic heterocycles. The molecule has 3 amide bonds. The third-order valence-electron chi connectivity index (χ3n) is 3.75. The maximum atomic E-state index is 11.9. The molecule has 0 bridgehead atoms.